The molecule has 14 nitrogen and oxygen atoms in total. The summed E-state index contributed by atoms with van der Waals surface area (Å²) in [6.07, 6.45) is 6.97. The van der Waals surface area contributed by atoms with Gasteiger partial charge in [0.15, 0.2) is 0 Å². The van der Waals surface area contributed by atoms with Gasteiger partial charge in [-0.25, -0.2) is 18.4 Å². The van der Waals surface area contributed by atoms with Gasteiger partial charge in [0.2, 0.25) is 23.6 Å². The number of benzene rings is 2. The largest absolute Gasteiger partial charge is 0.477 e. The lowest BCUT2D eigenvalue weighted by atomic mass is 9.89. The number of carbonyl (C=O) groups excluding carboxylic acids is 3. The van der Waals surface area contributed by atoms with Gasteiger partial charge in [-0.1, -0.05) is 0 Å². The zero-order chi connectivity index (χ0) is 41.2. The maximum absolute atomic E-state index is 15.1. The molecule has 4 fully saturated rings. The van der Waals surface area contributed by atoms with E-state index in [0.717, 1.165) is 87.1 Å². The maximum Gasteiger partial charge on any atom is 0.258 e. The van der Waals surface area contributed by atoms with E-state index in [1.807, 2.05) is 14.0 Å². The minimum Gasteiger partial charge on any atom is -0.477 e. The monoisotopic (exact) mass is 818 g/mol. The van der Waals surface area contributed by atoms with E-state index in [1.54, 1.807) is 23.0 Å². The molecule has 3 N–H and O–H groups in total. The molecule has 1 saturated carbocycles. The third-order valence-electron chi connectivity index (χ3n) is 13.2. The number of nitrogens with zero attached hydrogens (tertiary/aromatic N) is 7. The number of aromatic nitrogens is 5. The average molecular weight is 819 g/mol. The molecular weight excluding hydrogens is 771 g/mol. The molecule has 7 heterocycles. The summed E-state index contributed by atoms with van der Waals surface area (Å²) >= 11 is 0. The third kappa shape index (κ3) is 7.24. The maximum atomic E-state index is 15.1. The number of hydrogen-bond donors (Lipinski definition) is 3. The minimum absolute atomic E-state index is 0.0499. The van der Waals surface area contributed by atoms with Crippen molar-refractivity contribution in [3.05, 3.63) is 77.1 Å². The van der Waals surface area contributed by atoms with Crippen molar-refractivity contribution in [3.8, 4) is 17.1 Å². The van der Waals surface area contributed by atoms with Crippen molar-refractivity contribution in [3.63, 3.8) is 0 Å². The Balaban J connectivity index is 0.814. The molecule has 0 radical (unpaired) electrons. The first-order chi connectivity index (χ1) is 29.0. The molecule has 10 rings (SSSR count). The van der Waals surface area contributed by atoms with Crippen LogP contribution in [0.2, 0.25) is 0 Å². The van der Waals surface area contributed by atoms with E-state index in [-0.39, 0.29) is 30.4 Å². The molecule has 3 saturated heterocycles. The number of carbonyl (C=O) groups is 3. The van der Waals surface area contributed by atoms with E-state index in [9.17, 15) is 14.4 Å². The average Bonchev–Trinajstić information content (AvgIpc) is 3.91. The van der Waals surface area contributed by atoms with Crippen LogP contribution in [0.4, 0.5) is 26.1 Å². The second-order valence-electron chi connectivity index (χ2n) is 17.3. The highest BCUT2D eigenvalue weighted by Gasteiger charge is 2.36. The fourth-order valence-corrected chi connectivity index (χ4v) is 10.0. The molecule has 5 aliphatic rings. The van der Waals surface area contributed by atoms with Crippen molar-refractivity contribution >= 4 is 46.1 Å². The smallest absolute Gasteiger partial charge is 0.258 e. The van der Waals surface area contributed by atoms with E-state index in [0.29, 0.717) is 59.0 Å². The summed E-state index contributed by atoms with van der Waals surface area (Å²) < 4.78 is 40.6. The number of piperidine rings is 2. The molecular formula is C44H48F2N10O4. The number of hydrogen-bond acceptors (Lipinski definition) is 10. The summed E-state index contributed by atoms with van der Waals surface area (Å²) in [7, 11) is 1.86. The van der Waals surface area contributed by atoms with Crippen molar-refractivity contribution in [2.24, 2.45) is 18.9 Å². The van der Waals surface area contributed by atoms with Crippen LogP contribution in [0.15, 0.2) is 48.7 Å². The summed E-state index contributed by atoms with van der Waals surface area (Å²) in [5, 5.41) is 13.1. The number of imide groups is 1. The van der Waals surface area contributed by atoms with E-state index < -0.39 is 29.4 Å². The molecule has 312 valence electrons. The van der Waals surface area contributed by atoms with Gasteiger partial charge in [0.1, 0.15) is 11.6 Å². The first kappa shape index (κ1) is 38.3. The number of amides is 3. The predicted molar refractivity (Wildman–Crippen MR) is 221 cm³/mol. The zero-order valence-corrected chi connectivity index (χ0v) is 33.7. The number of ether oxygens (including phenoxy) is 1. The van der Waals surface area contributed by atoms with Crippen LogP contribution >= 0.6 is 0 Å². The van der Waals surface area contributed by atoms with Crippen molar-refractivity contribution in [2.45, 2.75) is 76.4 Å². The Labute approximate surface area is 345 Å². The Bertz CT molecular complexity index is 2500. The second-order valence-corrected chi connectivity index (χ2v) is 17.3. The van der Waals surface area contributed by atoms with Gasteiger partial charge in [-0.2, -0.15) is 5.10 Å². The van der Waals surface area contributed by atoms with Crippen LogP contribution in [0.5, 0.6) is 5.88 Å². The minimum atomic E-state index is -1.02. The second kappa shape index (κ2) is 15.3. The highest BCUT2D eigenvalue weighted by atomic mass is 19.1. The predicted octanol–water partition coefficient (Wildman–Crippen LogP) is 5.76. The summed E-state index contributed by atoms with van der Waals surface area (Å²) in [6.45, 7) is 6.50. The van der Waals surface area contributed by atoms with Gasteiger partial charge >= 0.3 is 0 Å². The van der Waals surface area contributed by atoms with Crippen LogP contribution in [0.1, 0.15) is 72.5 Å². The zero-order valence-electron chi connectivity index (χ0n) is 33.7. The summed E-state index contributed by atoms with van der Waals surface area (Å²) in [6, 6.07) is 12.9. The Hall–Kier alpha value is -5.90. The summed E-state index contributed by atoms with van der Waals surface area (Å²) in [5.41, 5.74) is 5.61. The Morgan fingerprint density at radius 1 is 0.883 bits per heavy atom. The normalized spacial score (nSPS) is 22.9. The molecule has 4 aliphatic heterocycles. The SMILES string of the molecule is Cc1cc2cc(n1)-c1cnn(C)c1OC[C@H]1CC[C@H](C1)Cn1c(nc3ccc(N4CCC(N5CC(Nc6cc(F)c([C@H]7CCC(=O)NC7=O)c(F)c6)C5)CC4)cc31)NC2=O. The number of imidazole rings is 1. The topological polar surface area (TPSA) is 152 Å². The van der Waals surface area contributed by atoms with Crippen molar-refractivity contribution < 1.29 is 27.9 Å². The van der Waals surface area contributed by atoms with E-state index in [1.165, 1.54) is 12.1 Å². The molecule has 0 unspecified atom stereocenters. The number of halogens is 2. The number of aryl methyl sites for hydroxylation is 2. The number of pyridine rings is 1. The Morgan fingerprint density at radius 2 is 1.67 bits per heavy atom. The molecule has 60 heavy (non-hydrogen) atoms. The number of fused-ring (bicyclic) bond motifs is 9. The molecule has 3 aromatic heterocycles. The molecule has 2 aromatic carbocycles. The number of rotatable bonds is 5. The molecule has 3 amide bonds. The molecule has 0 spiro atoms. The molecule has 16 heteroatoms. The Kier molecular flexibility index (Phi) is 9.76. The fourth-order valence-electron chi connectivity index (χ4n) is 10.0. The van der Waals surface area contributed by atoms with Gasteiger partial charge < -0.3 is 19.5 Å². The highest BCUT2D eigenvalue weighted by molar-refractivity contribution is 6.05. The van der Waals surface area contributed by atoms with E-state index in [4.69, 9.17) is 14.7 Å². The van der Waals surface area contributed by atoms with Gasteiger partial charge in [-0.15, -0.1) is 0 Å². The third-order valence-corrected chi connectivity index (χ3v) is 13.2. The van der Waals surface area contributed by atoms with E-state index in [2.05, 4.69) is 53.6 Å². The first-order valence-electron chi connectivity index (χ1n) is 21.1. The summed E-state index contributed by atoms with van der Waals surface area (Å²) in [5.74, 6) is -1.94. The number of anilines is 3. The first-order valence-corrected chi connectivity index (χ1v) is 21.1. The molecule has 4 bridgehead atoms. The molecule has 3 atom stereocenters. The van der Waals surface area contributed by atoms with Crippen molar-refractivity contribution in [2.75, 3.05) is 48.3 Å². The van der Waals surface area contributed by atoms with E-state index >= 15 is 8.78 Å². The van der Waals surface area contributed by atoms with Crippen LogP contribution in [-0.4, -0.2) is 91.8 Å². The van der Waals surface area contributed by atoms with Crippen molar-refractivity contribution in [1.82, 2.24) is 34.5 Å². The number of nitrogens with one attached hydrogen (secondary N) is 3. The van der Waals surface area contributed by atoms with Gasteiger partial charge in [0.25, 0.3) is 5.91 Å². The molecule has 5 aromatic rings. The lowest BCUT2D eigenvalue weighted by Gasteiger charge is -2.48. The molecule has 1 aliphatic carbocycles. The van der Waals surface area contributed by atoms with Gasteiger partial charge in [-0.3, -0.25) is 34.9 Å². The highest BCUT2D eigenvalue weighted by Crippen LogP contribution is 2.38. The van der Waals surface area contributed by atoms with Crippen LogP contribution in [0.25, 0.3) is 22.3 Å². The summed E-state index contributed by atoms with van der Waals surface area (Å²) in [4.78, 5) is 52.3. The number of likely N-dealkylation sites (tertiary alicyclic amines) is 1. The quantitative estimate of drug-likeness (QED) is 0.187. The Morgan fingerprint density at radius 3 is 2.45 bits per heavy atom. The van der Waals surface area contributed by atoms with Crippen LogP contribution < -0.4 is 25.6 Å². The van der Waals surface area contributed by atoms with Crippen LogP contribution in [0.3, 0.4) is 0 Å². The lowest BCUT2D eigenvalue weighted by molar-refractivity contribution is -0.134. The van der Waals surface area contributed by atoms with Crippen LogP contribution in [-0.2, 0) is 23.2 Å². The van der Waals surface area contributed by atoms with Gasteiger partial charge in [-0.05, 0) is 99.7 Å². The lowest BCUT2D eigenvalue weighted by Crippen LogP contribution is -2.60. The fraction of sp³-hybridized carbons (Fsp3) is 0.455. The van der Waals surface area contributed by atoms with Crippen molar-refractivity contribution in [1.29, 1.82) is 0 Å². The van der Waals surface area contributed by atoms with Crippen LogP contribution in [0, 0.1) is 30.4 Å². The standard InChI is InChI=1S/C44H48F2N10O4/c1-24-13-27-15-37(48-24)33-19-47-53(2)43(33)60-23-26-4-3-25(14-26)20-56-38-18-31(5-7-36(38)50-44(56)52-41(27)58)54-11-9-30(10-12-54)55-21-29(22-55)49-28-16-34(45)40(35(46)17-28)32-6-8-39(57)51-42(32)59/h5,7,13,15-19,25-26,29-30,32,49H,3-4,6,8-12,14,20-23H2,1-2H3,(H,50,52,58)(H,51,57,59)/t25-,26+,32-/m1/s1. The van der Waals surface area contributed by atoms with Gasteiger partial charge in [0.05, 0.1) is 47.1 Å². The van der Waals surface area contributed by atoms with Gasteiger partial charge in [0, 0.05) is 80.4 Å².